The molecule has 0 fully saturated rings. The highest BCUT2D eigenvalue weighted by Gasteiger charge is 2.14. The molecule has 40 heavy (non-hydrogen) atoms. The van der Waals surface area contributed by atoms with Gasteiger partial charge in [-0.15, -0.1) is 0 Å². The van der Waals surface area contributed by atoms with Crippen LogP contribution in [0.15, 0.2) is 0 Å². The van der Waals surface area contributed by atoms with Crippen LogP contribution in [0.3, 0.4) is 0 Å². The van der Waals surface area contributed by atoms with Gasteiger partial charge in [0.2, 0.25) is 0 Å². The third kappa shape index (κ3) is 29.9. The summed E-state index contributed by atoms with van der Waals surface area (Å²) in [5.41, 5.74) is 0. The number of ether oxygens (including phenoxy) is 2. The van der Waals surface area contributed by atoms with E-state index in [1.54, 1.807) is 0 Å². The minimum Gasteiger partial charge on any atom is -0.466 e. The summed E-state index contributed by atoms with van der Waals surface area (Å²) in [7, 11) is 0. The van der Waals surface area contributed by atoms with Gasteiger partial charge in [0.05, 0.1) is 6.61 Å². The Hall–Kier alpha value is -1.10. The van der Waals surface area contributed by atoms with Gasteiger partial charge in [0.1, 0.15) is 6.10 Å². The van der Waals surface area contributed by atoms with E-state index < -0.39 is 0 Å². The van der Waals surface area contributed by atoms with E-state index in [1.807, 2.05) is 0 Å². The van der Waals surface area contributed by atoms with E-state index in [2.05, 4.69) is 26.1 Å². The molecule has 0 atom stereocenters. The number of carbonyl (C=O) groups excluding carboxylic acids is 2. The third-order valence-electron chi connectivity index (χ3n) is 7.79. The van der Waals surface area contributed by atoms with E-state index >= 15 is 0 Å². The molecule has 0 saturated heterocycles. The van der Waals surface area contributed by atoms with E-state index in [9.17, 15) is 9.59 Å². The maximum Gasteiger partial charge on any atom is 0.306 e. The Morgan fingerprint density at radius 1 is 0.500 bits per heavy atom. The first kappa shape index (κ1) is 38.9. The molecule has 0 aromatic heterocycles. The summed E-state index contributed by atoms with van der Waals surface area (Å²) in [6.07, 6.45) is 29.9. The third-order valence-corrected chi connectivity index (χ3v) is 7.79. The standard InChI is InChI=1S/C35H69NO4/c1-4-7-10-13-16-17-20-23-32-39-34(37)28-24-30-36-31-25-29-35(38)40-33(26-21-18-14-11-8-5-2)27-22-19-15-12-9-6-3/h33,36H,4-32H2,1-3H3. The minimum absolute atomic E-state index is 0.0479. The molecule has 0 aromatic carbocycles. The Labute approximate surface area is 249 Å². The number of rotatable bonds is 32. The number of unbranched alkanes of at least 4 members (excludes halogenated alkanes) is 17. The molecule has 5 heteroatoms. The maximum absolute atomic E-state index is 12.5. The van der Waals surface area contributed by atoms with Crippen LogP contribution < -0.4 is 5.32 Å². The zero-order valence-electron chi connectivity index (χ0n) is 27.2. The van der Waals surface area contributed by atoms with E-state index in [1.165, 1.54) is 116 Å². The molecule has 0 aromatic rings. The first-order chi connectivity index (χ1) is 19.6. The Kier molecular flexibility index (Phi) is 31.5. The van der Waals surface area contributed by atoms with Crippen molar-refractivity contribution in [2.45, 2.75) is 194 Å². The van der Waals surface area contributed by atoms with Crippen LogP contribution in [0.25, 0.3) is 0 Å². The zero-order valence-corrected chi connectivity index (χ0v) is 27.2. The fourth-order valence-electron chi connectivity index (χ4n) is 5.15. The van der Waals surface area contributed by atoms with Crippen molar-refractivity contribution >= 4 is 11.9 Å². The maximum atomic E-state index is 12.5. The lowest BCUT2D eigenvalue weighted by Crippen LogP contribution is -2.21. The lowest BCUT2D eigenvalue weighted by atomic mass is 10.0. The summed E-state index contributed by atoms with van der Waals surface area (Å²) < 4.78 is 11.3. The summed E-state index contributed by atoms with van der Waals surface area (Å²) in [4.78, 5) is 24.4. The van der Waals surface area contributed by atoms with Gasteiger partial charge in [0.15, 0.2) is 0 Å². The molecule has 0 unspecified atom stereocenters. The summed E-state index contributed by atoms with van der Waals surface area (Å²) >= 11 is 0. The van der Waals surface area contributed by atoms with Crippen molar-refractivity contribution in [1.82, 2.24) is 5.32 Å². The zero-order chi connectivity index (χ0) is 29.4. The van der Waals surface area contributed by atoms with Crippen molar-refractivity contribution in [1.29, 1.82) is 0 Å². The average Bonchev–Trinajstić information content (AvgIpc) is 2.95. The molecule has 1 N–H and O–H groups in total. The lowest BCUT2D eigenvalue weighted by molar-refractivity contribution is -0.150. The Morgan fingerprint density at radius 2 is 0.900 bits per heavy atom. The molecule has 0 aliphatic carbocycles. The van der Waals surface area contributed by atoms with Crippen molar-refractivity contribution in [3.05, 3.63) is 0 Å². The van der Waals surface area contributed by atoms with Crippen LogP contribution in [0.5, 0.6) is 0 Å². The smallest absolute Gasteiger partial charge is 0.306 e. The summed E-state index contributed by atoms with van der Waals surface area (Å²) in [5.74, 6) is -0.136. The van der Waals surface area contributed by atoms with Gasteiger partial charge in [0, 0.05) is 12.8 Å². The summed E-state index contributed by atoms with van der Waals surface area (Å²) in [5, 5.41) is 3.36. The molecule has 0 heterocycles. The Morgan fingerprint density at radius 3 is 1.38 bits per heavy atom. The highest BCUT2D eigenvalue weighted by atomic mass is 16.5. The van der Waals surface area contributed by atoms with Gasteiger partial charge in [-0.1, -0.05) is 130 Å². The number of hydrogen-bond donors (Lipinski definition) is 1. The van der Waals surface area contributed by atoms with Crippen LogP contribution in [0, 0.1) is 0 Å². The molecule has 0 aliphatic heterocycles. The quantitative estimate of drug-likeness (QED) is 0.0647. The van der Waals surface area contributed by atoms with E-state index in [0.717, 1.165) is 51.6 Å². The Bertz CT molecular complexity index is 523. The molecule has 238 valence electrons. The number of carbonyl (C=O) groups is 2. The van der Waals surface area contributed by atoms with E-state index in [0.29, 0.717) is 19.4 Å². The SMILES string of the molecule is CCCCCCCCCCOC(=O)CCCNCCCC(=O)OC(CCCCCCCC)CCCCCCCC. The summed E-state index contributed by atoms with van der Waals surface area (Å²) in [6, 6.07) is 0. The van der Waals surface area contributed by atoms with Crippen LogP contribution in [0.1, 0.15) is 188 Å². The van der Waals surface area contributed by atoms with Gasteiger partial charge in [-0.05, 0) is 58.0 Å². The topological polar surface area (TPSA) is 64.6 Å². The normalized spacial score (nSPS) is 11.3. The average molecular weight is 568 g/mol. The predicted molar refractivity (Wildman–Crippen MR) is 171 cm³/mol. The summed E-state index contributed by atoms with van der Waals surface area (Å²) in [6.45, 7) is 8.86. The number of hydrogen-bond acceptors (Lipinski definition) is 5. The fraction of sp³-hybridized carbons (Fsp3) is 0.943. The van der Waals surface area contributed by atoms with E-state index in [-0.39, 0.29) is 18.0 Å². The molecule has 0 radical (unpaired) electrons. The fourth-order valence-corrected chi connectivity index (χ4v) is 5.15. The number of nitrogens with one attached hydrogen (secondary N) is 1. The second-order valence-corrected chi connectivity index (χ2v) is 11.9. The molecule has 5 nitrogen and oxygen atoms in total. The molecule has 0 bridgehead atoms. The first-order valence-electron chi connectivity index (χ1n) is 17.7. The van der Waals surface area contributed by atoms with Gasteiger partial charge in [-0.3, -0.25) is 9.59 Å². The largest absolute Gasteiger partial charge is 0.466 e. The molecular weight excluding hydrogens is 498 g/mol. The van der Waals surface area contributed by atoms with Crippen molar-refractivity contribution in [2.75, 3.05) is 19.7 Å². The Balaban J connectivity index is 3.83. The van der Waals surface area contributed by atoms with Crippen LogP contribution in [0.2, 0.25) is 0 Å². The highest BCUT2D eigenvalue weighted by molar-refractivity contribution is 5.69. The minimum atomic E-state index is -0.0879. The highest BCUT2D eigenvalue weighted by Crippen LogP contribution is 2.17. The predicted octanol–water partition coefficient (Wildman–Crippen LogP) is 10.2. The van der Waals surface area contributed by atoms with Crippen molar-refractivity contribution < 1.29 is 19.1 Å². The van der Waals surface area contributed by atoms with Crippen LogP contribution in [-0.4, -0.2) is 37.7 Å². The monoisotopic (exact) mass is 568 g/mol. The first-order valence-corrected chi connectivity index (χ1v) is 17.7. The molecule has 0 aliphatic rings. The molecular formula is C35H69NO4. The van der Waals surface area contributed by atoms with Gasteiger partial charge in [-0.25, -0.2) is 0 Å². The van der Waals surface area contributed by atoms with Crippen LogP contribution in [0.4, 0.5) is 0 Å². The van der Waals surface area contributed by atoms with Crippen molar-refractivity contribution in [3.63, 3.8) is 0 Å². The van der Waals surface area contributed by atoms with Crippen molar-refractivity contribution in [2.24, 2.45) is 0 Å². The van der Waals surface area contributed by atoms with Crippen molar-refractivity contribution in [3.8, 4) is 0 Å². The van der Waals surface area contributed by atoms with Gasteiger partial charge >= 0.3 is 11.9 Å². The van der Waals surface area contributed by atoms with E-state index in [4.69, 9.17) is 9.47 Å². The molecule has 0 rings (SSSR count). The second-order valence-electron chi connectivity index (χ2n) is 11.9. The molecule has 0 spiro atoms. The lowest BCUT2D eigenvalue weighted by Gasteiger charge is -2.18. The molecule has 0 saturated carbocycles. The second kappa shape index (κ2) is 32.4. The number of esters is 2. The van der Waals surface area contributed by atoms with Gasteiger partial charge < -0.3 is 14.8 Å². The van der Waals surface area contributed by atoms with Gasteiger partial charge in [-0.2, -0.15) is 0 Å². The molecule has 0 amide bonds. The van der Waals surface area contributed by atoms with Crippen LogP contribution in [-0.2, 0) is 19.1 Å². The van der Waals surface area contributed by atoms with Crippen LogP contribution >= 0.6 is 0 Å². The van der Waals surface area contributed by atoms with Gasteiger partial charge in [0.25, 0.3) is 0 Å².